The summed E-state index contributed by atoms with van der Waals surface area (Å²) in [5, 5.41) is 9.09. The summed E-state index contributed by atoms with van der Waals surface area (Å²) in [6.07, 6.45) is -2.62. The van der Waals surface area contributed by atoms with E-state index in [1.807, 2.05) is 0 Å². The zero-order chi connectivity index (χ0) is 24.3. The SMILES string of the molecule is O=C(Nc1cccc(CNC(=O)c2cnn(-c3cccc(Cl)c3)c2C(F)(F)F)c1)c1ccco1. The van der Waals surface area contributed by atoms with Crippen LogP contribution >= 0.6 is 11.6 Å². The molecule has 2 aromatic heterocycles. The van der Waals surface area contributed by atoms with Gasteiger partial charge in [-0.1, -0.05) is 29.8 Å². The fourth-order valence-corrected chi connectivity index (χ4v) is 3.41. The van der Waals surface area contributed by atoms with E-state index in [0.717, 1.165) is 6.20 Å². The van der Waals surface area contributed by atoms with Crippen molar-refractivity contribution in [1.82, 2.24) is 15.1 Å². The predicted molar refractivity (Wildman–Crippen MR) is 118 cm³/mol. The minimum atomic E-state index is -4.85. The molecule has 0 aliphatic heterocycles. The Morgan fingerprint density at radius 3 is 2.53 bits per heavy atom. The Kier molecular flexibility index (Phi) is 6.42. The average Bonchev–Trinajstić information content (AvgIpc) is 3.48. The zero-order valence-corrected chi connectivity index (χ0v) is 18.0. The van der Waals surface area contributed by atoms with Crippen LogP contribution in [-0.2, 0) is 12.7 Å². The number of hydrogen-bond donors (Lipinski definition) is 2. The summed E-state index contributed by atoms with van der Waals surface area (Å²) in [4.78, 5) is 24.8. The maximum atomic E-state index is 13.8. The van der Waals surface area contributed by atoms with Crippen molar-refractivity contribution < 1.29 is 27.2 Å². The first-order chi connectivity index (χ1) is 16.2. The Labute approximate surface area is 196 Å². The molecule has 0 unspecified atom stereocenters. The highest BCUT2D eigenvalue weighted by Gasteiger charge is 2.40. The highest BCUT2D eigenvalue weighted by Crippen LogP contribution is 2.34. The van der Waals surface area contributed by atoms with Crippen LogP contribution in [0, 0.1) is 0 Å². The second-order valence-corrected chi connectivity index (χ2v) is 7.55. The van der Waals surface area contributed by atoms with Gasteiger partial charge in [0.15, 0.2) is 11.5 Å². The highest BCUT2D eigenvalue weighted by atomic mass is 35.5. The van der Waals surface area contributed by atoms with Crippen LogP contribution in [0.15, 0.2) is 77.5 Å². The van der Waals surface area contributed by atoms with Crippen molar-refractivity contribution in [2.24, 2.45) is 0 Å². The van der Waals surface area contributed by atoms with Gasteiger partial charge in [-0.05, 0) is 48.0 Å². The fraction of sp³-hybridized carbons (Fsp3) is 0.0870. The zero-order valence-electron chi connectivity index (χ0n) is 17.3. The molecule has 0 radical (unpaired) electrons. The lowest BCUT2D eigenvalue weighted by atomic mass is 10.1. The van der Waals surface area contributed by atoms with Gasteiger partial charge in [0.25, 0.3) is 11.8 Å². The number of furan rings is 1. The summed E-state index contributed by atoms with van der Waals surface area (Å²) < 4.78 is 47.1. The first-order valence-electron chi connectivity index (χ1n) is 9.85. The summed E-state index contributed by atoms with van der Waals surface area (Å²) in [6.45, 7) is -0.0804. The van der Waals surface area contributed by atoms with Crippen molar-refractivity contribution >= 4 is 29.1 Å². The molecule has 0 spiro atoms. The van der Waals surface area contributed by atoms with Gasteiger partial charge in [0, 0.05) is 17.3 Å². The number of anilines is 1. The lowest BCUT2D eigenvalue weighted by Gasteiger charge is -2.13. The van der Waals surface area contributed by atoms with E-state index < -0.39 is 29.2 Å². The first-order valence-corrected chi connectivity index (χ1v) is 10.2. The van der Waals surface area contributed by atoms with E-state index in [0.29, 0.717) is 15.9 Å². The molecule has 174 valence electrons. The van der Waals surface area contributed by atoms with Gasteiger partial charge in [0.05, 0.1) is 23.7 Å². The predicted octanol–water partition coefficient (Wildman–Crippen LogP) is 5.32. The van der Waals surface area contributed by atoms with Crippen molar-refractivity contribution in [1.29, 1.82) is 0 Å². The lowest BCUT2D eigenvalue weighted by molar-refractivity contribution is -0.143. The highest BCUT2D eigenvalue weighted by molar-refractivity contribution is 6.30. The maximum absolute atomic E-state index is 13.8. The monoisotopic (exact) mass is 488 g/mol. The Morgan fingerprint density at radius 2 is 1.82 bits per heavy atom. The average molecular weight is 489 g/mol. The third-order valence-electron chi connectivity index (χ3n) is 4.72. The molecule has 0 fully saturated rings. The molecule has 0 bridgehead atoms. The van der Waals surface area contributed by atoms with Crippen LogP contribution in [0.25, 0.3) is 5.69 Å². The number of aromatic nitrogens is 2. The van der Waals surface area contributed by atoms with Crippen LogP contribution in [-0.4, -0.2) is 21.6 Å². The number of rotatable bonds is 6. The van der Waals surface area contributed by atoms with Gasteiger partial charge in [-0.15, -0.1) is 0 Å². The second kappa shape index (κ2) is 9.44. The number of alkyl halides is 3. The number of halogens is 4. The minimum Gasteiger partial charge on any atom is -0.459 e. The Balaban J connectivity index is 1.51. The largest absolute Gasteiger partial charge is 0.459 e. The van der Waals surface area contributed by atoms with E-state index >= 15 is 0 Å². The summed E-state index contributed by atoms with van der Waals surface area (Å²) >= 11 is 5.89. The third kappa shape index (κ3) is 5.12. The van der Waals surface area contributed by atoms with E-state index in [1.165, 1.54) is 36.6 Å². The first kappa shape index (κ1) is 23.1. The summed E-state index contributed by atoms with van der Waals surface area (Å²) in [5.41, 5.74) is -0.792. The van der Waals surface area contributed by atoms with Crippen molar-refractivity contribution in [3.05, 3.63) is 101 Å². The van der Waals surface area contributed by atoms with E-state index in [1.54, 1.807) is 30.3 Å². The molecule has 2 amide bonds. The molecule has 0 aliphatic rings. The smallest absolute Gasteiger partial charge is 0.434 e. The molecule has 4 aromatic rings. The van der Waals surface area contributed by atoms with Crippen molar-refractivity contribution in [3.63, 3.8) is 0 Å². The van der Waals surface area contributed by atoms with E-state index in [-0.39, 0.29) is 23.0 Å². The molecular weight excluding hydrogens is 473 g/mol. The van der Waals surface area contributed by atoms with Crippen molar-refractivity contribution in [3.8, 4) is 5.69 Å². The number of benzene rings is 2. The van der Waals surface area contributed by atoms with Crippen LogP contribution in [0.1, 0.15) is 32.2 Å². The van der Waals surface area contributed by atoms with Crippen molar-refractivity contribution in [2.45, 2.75) is 12.7 Å². The molecule has 0 atom stereocenters. The topological polar surface area (TPSA) is 89.2 Å². The molecule has 0 aliphatic carbocycles. The number of nitrogens with zero attached hydrogens (tertiary/aromatic N) is 2. The second-order valence-electron chi connectivity index (χ2n) is 7.11. The van der Waals surface area contributed by atoms with Crippen LogP contribution < -0.4 is 10.6 Å². The number of amides is 2. The molecule has 2 heterocycles. The van der Waals surface area contributed by atoms with Crippen LogP contribution in [0.5, 0.6) is 0 Å². The molecule has 7 nitrogen and oxygen atoms in total. The number of carbonyl (C=O) groups is 2. The quantitative estimate of drug-likeness (QED) is 0.384. The van der Waals surface area contributed by atoms with Gasteiger partial charge in [0.2, 0.25) is 0 Å². The molecule has 2 N–H and O–H groups in total. The molecule has 4 rings (SSSR count). The Bertz CT molecular complexity index is 1330. The lowest BCUT2D eigenvalue weighted by Crippen LogP contribution is -2.26. The summed E-state index contributed by atoms with van der Waals surface area (Å²) in [5.74, 6) is -1.30. The standard InChI is InChI=1S/C23H16ClF3N4O3/c24-15-5-2-7-17(11-15)31-20(23(25,26)27)18(13-29-31)21(32)28-12-14-4-1-6-16(10-14)30-22(33)19-8-3-9-34-19/h1-11,13H,12H2,(H,28,32)(H,30,33). The van der Waals surface area contributed by atoms with Gasteiger partial charge >= 0.3 is 6.18 Å². The Morgan fingerprint density at radius 1 is 1.03 bits per heavy atom. The molecular formula is C23H16ClF3N4O3. The van der Waals surface area contributed by atoms with Gasteiger partial charge in [0.1, 0.15) is 0 Å². The molecule has 0 saturated heterocycles. The van der Waals surface area contributed by atoms with Crippen molar-refractivity contribution in [2.75, 3.05) is 5.32 Å². The van der Waals surface area contributed by atoms with Gasteiger partial charge in [-0.3, -0.25) is 9.59 Å². The van der Waals surface area contributed by atoms with Gasteiger partial charge in [-0.25, -0.2) is 4.68 Å². The van der Waals surface area contributed by atoms with E-state index in [9.17, 15) is 22.8 Å². The number of nitrogens with one attached hydrogen (secondary N) is 2. The van der Waals surface area contributed by atoms with E-state index in [2.05, 4.69) is 15.7 Å². The maximum Gasteiger partial charge on any atom is 0.434 e. The van der Waals surface area contributed by atoms with Gasteiger partial charge < -0.3 is 15.1 Å². The summed E-state index contributed by atoms with van der Waals surface area (Å²) in [7, 11) is 0. The molecule has 2 aromatic carbocycles. The molecule has 0 saturated carbocycles. The molecule has 34 heavy (non-hydrogen) atoms. The minimum absolute atomic E-state index is 0.0684. The number of hydrogen-bond acceptors (Lipinski definition) is 4. The van der Waals surface area contributed by atoms with E-state index in [4.69, 9.17) is 16.0 Å². The third-order valence-corrected chi connectivity index (χ3v) is 4.95. The fourth-order valence-electron chi connectivity index (χ4n) is 3.23. The van der Waals surface area contributed by atoms with Crippen LogP contribution in [0.2, 0.25) is 5.02 Å². The Hall–Kier alpha value is -4.05. The normalized spacial score (nSPS) is 11.3. The number of carbonyl (C=O) groups excluding carboxylic acids is 2. The summed E-state index contributed by atoms with van der Waals surface area (Å²) in [6, 6.07) is 15.3. The molecule has 11 heteroatoms. The van der Waals surface area contributed by atoms with Gasteiger partial charge in [-0.2, -0.15) is 18.3 Å². The van der Waals surface area contributed by atoms with Crippen LogP contribution in [0.4, 0.5) is 18.9 Å². The van der Waals surface area contributed by atoms with Crippen LogP contribution in [0.3, 0.4) is 0 Å².